The number of carbonyl (C=O) groups is 1. The van der Waals surface area contributed by atoms with Gasteiger partial charge in [-0.25, -0.2) is 4.79 Å². The maximum Gasteiger partial charge on any atom is 0.410 e. The van der Waals surface area contributed by atoms with Crippen molar-refractivity contribution in [3.05, 3.63) is 70.0 Å². The van der Waals surface area contributed by atoms with Crippen LogP contribution in [0.25, 0.3) is 0 Å². The third-order valence-corrected chi connectivity index (χ3v) is 7.99. The predicted octanol–water partition coefficient (Wildman–Crippen LogP) is 11.5. The fraction of sp³-hybridized carbons (Fsp3) is 0.641. The van der Waals surface area contributed by atoms with Crippen molar-refractivity contribution in [3.63, 3.8) is 0 Å². The highest BCUT2D eigenvalue weighted by molar-refractivity contribution is 6.30. The van der Waals surface area contributed by atoms with Crippen molar-refractivity contribution in [3.8, 4) is 0 Å². The van der Waals surface area contributed by atoms with Crippen LogP contribution in [0.2, 0.25) is 5.02 Å². The summed E-state index contributed by atoms with van der Waals surface area (Å²) in [6.45, 7) is 30.5. The standard InChI is InChI=1S/C27H47N3O2.C9H11Cl.C3H8/c1-11-14-15-28-22(6)25(24(13-3)21(5)20(4)12-2)23(7)29-16-18-30(19-17-29)26(31)32-27(8,9)10;1-2-4-8-5-3-6-9(10)7-8;1-3-2/h13-15,20-21H,11-12,16-19H2,1-10H3;3,5-7H,2,4H2,1H3;3H2,1-2H3/b15-14+,24-13-,25-23-,28-22+;;. The number of aryl methyl sites for hydroxylation is 1. The molecule has 0 N–H and O–H groups in total. The first-order valence-corrected chi connectivity index (χ1v) is 17.6. The summed E-state index contributed by atoms with van der Waals surface area (Å²) in [6, 6.07) is 8.02. The van der Waals surface area contributed by atoms with Gasteiger partial charge in [-0.05, 0) is 89.5 Å². The number of nitrogens with zero attached hydrogens (tertiary/aromatic N) is 3. The normalized spacial score (nSPS) is 16.2. The van der Waals surface area contributed by atoms with Crippen LogP contribution in [0.4, 0.5) is 4.79 Å². The monoisotopic (exact) mass is 643 g/mol. The number of amides is 1. The van der Waals surface area contributed by atoms with Crippen LogP contribution in [0, 0.1) is 11.8 Å². The topological polar surface area (TPSA) is 45.1 Å². The van der Waals surface area contributed by atoms with Gasteiger partial charge < -0.3 is 14.5 Å². The molecule has 0 bridgehead atoms. The summed E-state index contributed by atoms with van der Waals surface area (Å²) >= 11 is 5.78. The van der Waals surface area contributed by atoms with Gasteiger partial charge in [-0.3, -0.25) is 4.99 Å². The predicted molar refractivity (Wildman–Crippen MR) is 198 cm³/mol. The number of aliphatic imine (C=N–C) groups is 1. The first-order chi connectivity index (χ1) is 21.2. The Balaban J connectivity index is 0.00000123. The molecule has 5 nitrogen and oxygen atoms in total. The summed E-state index contributed by atoms with van der Waals surface area (Å²) < 4.78 is 5.56. The maximum atomic E-state index is 12.5. The number of halogens is 1. The Morgan fingerprint density at radius 1 is 1.02 bits per heavy atom. The van der Waals surface area contributed by atoms with E-state index in [0.717, 1.165) is 43.1 Å². The van der Waals surface area contributed by atoms with E-state index >= 15 is 0 Å². The largest absolute Gasteiger partial charge is 0.444 e. The van der Waals surface area contributed by atoms with Crippen LogP contribution in [0.1, 0.15) is 121 Å². The molecule has 45 heavy (non-hydrogen) atoms. The fourth-order valence-electron chi connectivity index (χ4n) is 5.00. The zero-order chi connectivity index (χ0) is 34.6. The number of allylic oxidation sites excluding steroid dienone is 5. The van der Waals surface area contributed by atoms with E-state index in [9.17, 15) is 4.79 Å². The summed E-state index contributed by atoms with van der Waals surface area (Å²) in [5, 5.41) is 0.839. The van der Waals surface area contributed by atoms with Gasteiger partial charge in [0.2, 0.25) is 0 Å². The van der Waals surface area contributed by atoms with E-state index in [1.54, 1.807) is 0 Å². The van der Waals surface area contributed by atoms with Crippen LogP contribution >= 0.6 is 11.6 Å². The number of benzene rings is 1. The molecule has 2 rings (SSSR count). The van der Waals surface area contributed by atoms with E-state index in [-0.39, 0.29) is 6.09 Å². The summed E-state index contributed by atoms with van der Waals surface area (Å²) in [5.41, 5.74) is 5.75. The Labute approximate surface area is 282 Å². The van der Waals surface area contributed by atoms with Crippen molar-refractivity contribution in [1.29, 1.82) is 0 Å². The zero-order valence-electron chi connectivity index (χ0n) is 31.1. The number of ether oxygens (including phenoxy) is 1. The molecule has 1 amide bonds. The molecule has 1 saturated heterocycles. The van der Waals surface area contributed by atoms with Crippen LogP contribution in [0.3, 0.4) is 0 Å². The van der Waals surface area contributed by atoms with Gasteiger partial charge in [-0.2, -0.15) is 0 Å². The smallest absolute Gasteiger partial charge is 0.410 e. The van der Waals surface area contributed by atoms with Gasteiger partial charge in [0.1, 0.15) is 5.60 Å². The molecule has 1 aliphatic rings. The molecule has 0 aliphatic carbocycles. The third kappa shape index (κ3) is 16.6. The van der Waals surface area contributed by atoms with Crippen molar-refractivity contribution in [2.24, 2.45) is 16.8 Å². The van der Waals surface area contributed by atoms with Crippen LogP contribution in [0.5, 0.6) is 0 Å². The number of rotatable bonds is 10. The molecule has 1 aromatic carbocycles. The van der Waals surface area contributed by atoms with Crippen LogP contribution < -0.4 is 0 Å². The minimum absolute atomic E-state index is 0.221. The molecule has 1 fully saturated rings. The van der Waals surface area contributed by atoms with Gasteiger partial charge in [-0.1, -0.05) is 104 Å². The molecule has 1 heterocycles. The quantitative estimate of drug-likeness (QED) is 0.188. The van der Waals surface area contributed by atoms with E-state index in [4.69, 9.17) is 21.3 Å². The maximum absolute atomic E-state index is 12.5. The molecule has 0 aromatic heterocycles. The molecule has 6 heteroatoms. The van der Waals surface area contributed by atoms with Crippen LogP contribution in [0.15, 0.2) is 64.5 Å². The number of hydrogen-bond donors (Lipinski definition) is 0. The lowest BCUT2D eigenvalue weighted by Crippen LogP contribution is -2.49. The van der Waals surface area contributed by atoms with Gasteiger partial charge in [0.05, 0.1) is 0 Å². The van der Waals surface area contributed by atoms with Crippen molar-refractivity contribution < 1.29 is 9.53 Å². The molecule has 0 saturated carbocycles. The summed E-state index contributed by atoms with van der Waals surface area (Å²) in [6.07, 6.45) is 11.7. The van der Waals surface area contributed by atoms with Crippen molar-refractivity contribution in [2.75, 3.05) is 26.2 Å². The Morgan fingerprint density at radius 3 is 2.07 bits per heavy atom. The first kappa shape index (κ1) is 42.5. The highest BCUT2D eigenvalue weighted by Crippen LogP contribution is 2.32. The van der Waals surface area contributed by atoms with E-state index in [0.29, 0.717) is 24.9 Å². The van der Waals surface area contributed by atoms with Crippen LogP contribution in [-0.4, -0.2) is 53.4 Å². The molecule has 2 unspecified atom stereocenters. The number of carbonyl (C=O) groups excluding carboxylic acids is 1. The second-order valence-corrected chi connectivity index (χ2v) is 13.4. The van der Waals surface area contributed by atoms with Crippen molar-refractivity contribution in [2.45, 2.75) is 128 Å². The average Bonchev–Trinajstić information content (AvgIpc) is 2.99. The SMILES string of the molecule is CCC.CCCc1cccc(Cl)c1.C\C=C(C(/C(C)=N/C=C/CC)=C(/C)N1CCN(C(=O)OC(C)(C)C)CC1)\C(C)C(C)CC. The Morgan fingerprint density at radius 2 is 1.60 bits per heavy atom. The molecule has 0 radical (unpaired) electrons. The zero-order valence-corrected chi connectivity index (χ0v) is 31.9. The summed E-state index contributed by atoms with van der Waals surface area (Å²) in [5.74, 6) is 1.03. The number of hydrogen-bond acceptors (Lipinski definition) is 4. The highest BCUT2D eigenvalue weighted by atomic mass is 35.5. The van der Waals surface area contributed by atoms with Crippen molar-refractivity contribution >= 4 is 23.4 Å². The lowest BCUT2D eigenvalue weighted by atomic mass is 9.81. The molecule has 2 atom stereocenters. The second kappa shape index (κ2) is 22.9. The van der Waals surface area contributed by atoms with E-state index in [2.05, 4.69) is 92.4 Å². The molecule has 256 valence electrons. The Kier molecular flexibility index (Phi) is 21.6. The van der Waals surface area contributed by atoms with E-state index < -0.39 is 5.60 Å². The van der Waals surface area contributed by atoms with Crippen LogP contribution in [-0.2, 0) is 11.2 Å². The van der Waals surface area contributed by atoms with E-state index in [1.165, 1.54) is 35.2 Å². The van der Waals surface area contributed by atoms with Gasteiger partial charge in [0.25, 0.3) is 0 Å². The first-order valence-electron chi connectivity index (χ1n) is 17.2. The minimum Gasteiger partial charge on any atom is -0.444 e. The highest BCUT2D eigenvalue weighted by Gasteiger charge is 2.28. The molecule has 0 spiro atoms. The third-order valence-electron chi connectivity index (χ3n) is 7.75. The lowest BCUT2D eigenvalue weighted by molar-refractivity contribution is 0.0168. The molecular formula is C39H66ClN3O2. The summed E-state index contributed by atoms with van der Waals surface area (Å²) in [4.78, 5) is 21.5. The molecule has 1 aliphatic heterocycles. The van der Waals surface area contributed by atoms with Gasteiger partial charge >= 0.3 is 6.09 Å². The Bertz CT molecular complexity index is 1110. The number of piperazine rings is 1. The van der Waals surface area contributed by atoms with Crippen molar-refractivity contribution in [1.82, 2.24) is 9.80 Å². The van der Waals surface area contributed by atoms with Gasteiger partial charge in [-0.15, -0.1) is 0 Å². The molecular weight excluding hydrogens is 578 g/mol. The minimum atomic E-state index is -0.469. The van der Waals surface area contributed by atoms with Gasteiger partial charge in [0, 0.05) is 54.4 Å². The summed E-state index contributed by atoms with van der Waals surface area (Å²) in [7, 11) is 0. The average molecular weight is 644 g/mol. The lowest BCUT2D eigenvalue weighted by Gasteiger charge is -2.38. The Hall–Kier alpha value is -2.53. The molecule has 1 aromatic rings. The fourth-order valence-corrected chi connectivity index (χ4v) is 5.21. The van der Waals surface area contributed by atoms with E-state index in [1.807, 2.05) is 50.1 Å². The van der Waals surface area contributed by atoms with Gasteiger partial charge in [0.15, 0.2) is 0 Å². The second-order valence-electron chi connectivity index (χ2n) is 12.9.